The van der Waals surface area contributed by atoms with Gasteiger partial charge in [0.25, 0.3) is 0 Å². The molecule has 0 aliphatic carbocycles. The lowest BCUT2D eigenvalue weighted by molar-refractivity contribution is -0.116. The fourth-order valence-electron chi connectivity index (χ4n) is 3.39. The van der Waals surface area contributed by atoms with Crippen molar-refractivity contribution in [2.45, 2.75) is 50.1 Å². The van der Waals surface area contributed by atoms with Crippen molar-refractivity contribution >= 4 is 23.4 Å². The lowest BCUT2D eigenvalue weighted by atomic mass is 10.0. The molecule has 1 aliphatic rings. The van der Waals surface area contributed by atoms with Crippen molar-refractivity contribution in [1.29, 1.82) is 0 Å². The van der Waals surface area contributed by atoms with Crippen molar-refractivity contribution in [2.75, 3.05) is 10.7 Å². The van der Waals surface area contributed by atoms with Crippen molar-refractivity contribution in [3.63, 3.8) is 0 Å². The number of rotatable bonds is 5. The first kappa shape index (κ1) is 19.5. The Morgan fingerprint density at radius 2 is 1.79 bits per heavy atom. The molecule has 0 radical (unpaired) electrons. The van der Waals surface area contributed by atoms with Crippen molar-refractivity contribution in [3.8, 4) is 0 Å². The van der Waals surface area contributed by atoms with Crippen molar-refractivity contribution < 1.29 is 4.79 Å². The first-order chi connectivity index (χ1) is 14.1. The molecular formula is C22H25N5OS. The summed E-state index contributed by atoms with van der Waals surface area (Å²) in [5.41, 5.74) is 7.78. The Hall–Kier alpha value is -2.80. The lowest BCUT2D eigenvalue weighted by Gasteiger charge is -2.33. The molecule has 1 amide bonds. The van der Waals surface area contributed by atoms with Crippen LogP contribution in [0.5, 0.6) is 0 Å². The number of amides is 1. The third-order valence-electron chi connectivity index (χ3n) is 5.14. The number of thioether (sulfide) groups is 1. The molecule has 2 heterocycles. The van der Waals surface area contributed by atoms with Crippen molar-refractivity contribution in [2.24, 2.45) is 0 Å². The van der Waals surface area contributed by atoms with Crippen LogP contribution < -0.4 is 10.7 Å². The van der Waals surface area contributed by atoms with Gasteiger partial charge in [-0.3, -0.25) is 4.79 Å². The number of hydrogen-bond donors (Lipinski definition) is 2. The molecule has 3 aromatic rings. The molecule has 29 heavy (non-hydrogen) atoms. The van der Waals surface area contributed by atoms with Gasteiger partial charge >= 0.3 is 0 Å². The maximum atomic E-state index is 13.2. The molecule has 6 nitrogen and oxygen atoms in total. The summed E-state index contributed by atoms with van der Waals surface area (Å²) in [6.45, 7) is 6.21. The third kappa shape index (κ3) is 4.00. The minimum absolute atomic E-state index is 0.0526. The zero-order valence-electron chi connectivity index (χ0n) is 16.8. The second-order valence-corrected chi connectivity index (χ2v) is 8.29. The van der Waals surface area contributed by atoms with E-state index in [0.29, 0.717) is 5.16 Å². The summed E-state index contributed by atoms with van der Waals surface area (Å²) < 4.78 is 1.92. The maximum absolute atomic E-state index is 13.2. The highest BCUT2D eigenvalue weighted by Crippen LogP contribution is 2.37. The summed E-state index contributed by atoms with van der Waals surface area (Å²) in [6.07, 6.45) is 1.75. The fraction of sp³-hybridized carbons (Fsp3) is 0.318. The van der Waals surface area contributed by atoms with Gasteiger partial charge in [-0.15, -0.1) is 10.2 Å². The van der Waals surface area contributed by atoms with Gasteiger partial charge < -0.3 is 10.7 Å². The quantitative estimate of drug-likeness (QED) is 0.666. The Bertz CT molecular complexity index is 997. The molecule has 0 saturated carbocycles. The van der Waals surface area contributed by atoms with Crippen LogP contribution in [0.25, 0.3) is 0 Å². The van der Waals surface area contributed by atoms with Gasteiger partial charge in [-0.1, -0.05) is 67.6 Å². The molecule has 1 aliphatic heterocycles. The summed E-state index contributed by atoms with van der Waals surface area (Å²) >= 11 is 1.45. The molecule has 0 fully saturated rings. The Kier molecular flexibility index (Phi) is 5.58. The summed E-state index contributed by atoms with van der Waals surface area (Å²) in [7, 11) is 0. The zero-order valence-corrected chi connectivity index (χ0v) is 17.7. The molecule has 150 valence electrons. The van der Waals surface area contributed by atoms with E-state index in [1.165, 1.54) is 17.3 Å². The van der Waals surface area contributed by atoms with Gasteiger partial charge in [-0.25, -0.2) is 4.68 Å². The SMILES string of the molecule is CCc1ccc([C@@H]2Nn3c(CC)nnc3S[C@@H]2C(=O)Nc2ccc(C)cc2)cc1. The molecule has 2 atom stereocenters. The summed E-state index contributed by atoms with van der Waals surface area (Å²) in [5.74, 6) is 0.809. The van der Waals surface area contributed by atoms with Crippen LogP contribution in [0.3, 0.4) is 0 Å². The number of hydrogen-bond acceptors (Lipinski definition) is 5. The summed E-state index contributed by atoms with van der Waals surface area (Å²) in [6, 6.07) is 16.1. The van der Waals surface area contributed by atoms with Crippen LogP contribution >= 0.6 is 11.8 Å². The van der Waals surface area contributed by atoms with Crippen molar-refractivity contribution in [1.82, 2.24) is 14.9 Å². The summed E-state index contributed by atoms with van der Waals surface area (Å²) in [5, 5.41) is 11.9. The molecule has 0 bridgehead atoms. The number of benzene rings is 2. The molecular weight excluding hydrogens is 382 g/mol. The number of aryl methyl sites for hydroxylation is 3. The molecule has 2 N–H and O–H groups in total. The Morgan fingerprint density at radius 1 is 1.07 bits per heavy atom. The molecule has 7 heteroatoms. The van der Waals surface area contributed by atoms with E-state index >= 15 is 0 Å². The smallest absolute Gasteiger partial charge is 0.240 e. The average Bonchev–Trinajstić information content (AvgIpc) is 3.16. The van der Waals surface area contributed by atoms with Gasteiger partial charge in [-0.05, 0) is 36.6 Å². The van der Waals surface area contributed by atoms with Crippen LogP contribution in [0.2, 0.25) is 0 Å². The van der Waals surface area contributed by atoms with Crippen LogP contribution in [0.4, 0.5) is 5.69 Å². The van der Waals surface area contributed by atoms with Crippen LogP contribution in [0.15, 0.2) is 53.7 Å². The van der Waals surface area contributed by atoms with E-state index in [4.69, 9.17) is 0 Å². The minimum atomic E-state index is -0.370. The predicted octanol–water partition coefficient (Wildman–Crippen LogP) is 4.11. The van der Waals surface area contributed by atoms with Gasteiger partial charge in [0.1, 0.15) is 5.25 Å². The highest BCUT2D eigenvalue weighted by atomic mass is 32.2. The monoisotopic (exact) mass is 407 g/mol. The molecule has 0 spiro atoms. The Labute approximate surface area is 175 Å². The van der Waals surface area contributed by atoms with Crippen LogP contribution in [0.1, 0.15) is 42.4 Å². The Balaban J connectivity index is 1.65. The van der Waals surface area contributed by atoms with Gasteiger partial charge in [0.05, 0.1) is 6.04 Å². The second kappa shape index (κ2) is 8.29. The molecule has 0 saturated heterocycles. The highest BCUT2D eigenvalue weighted by Gasteiger charge is 2.37. The number of fused-ring (bicyclic) bond motifs is 1. The average molecular weight is 408 g/mol. The summed E-state index contributed by atoms with van der Waals surface area (Å²) in [4.78, 5) is 13.2. The molecule has 2 aromatic carbocycles. The van der Waals surface area contributed by atoms with Crippen LogP contribution in [-0.2, 0) is 17.6 Å². The van der Waals surface area contributed by atoms with Crippen LogP contribution in [0, 0.1) is 6.92 Å². The molecule has 1 aromatic heterocycles. The van der Waals surface area contributed by atoms with E-state index in [-0.39, 0.29) is 17.2 Å². The van der Waals surface area contributed by atoms with E-state index < -0.39 is 0 Å². The topological polar surface area (TPSA) is 71.8 Å². The zero-order chi connectivity index (χ0) is 20.4. The van der Waals surface area contributed by atoms with E-state index in [9.17, 15) is 4.79 Å². The lowest BCUT2D eigenvalue weighted by Crippen LogP contribution is -2.41. The van der Waals surface area contributed by atoms with E-state index in [2.05, 4.69) is 52.1 Å². The third-order valence-corrected chi connectivity index (χ3v) is 6.36. The largest absolute Gasteiger partial charge is 0.325 e. The maximum Gasteiger partial charge on any atom is 0.240 e. The first-order valence-electron chi connectivity index (χ1n) is 9.93. The van der Waals surface area contributed by atoms with E-state index in [0.717, 1.165) is 35.5 Å². The predicted molar refractivity (Wildman–Crippen MR) is 117 cm³/mol. The minimum Gasteiger partial charge on any atom is -0.325 e. The highest BCUT2D eigenvalue weighted by molar-refractivity contribution is 8.00. The van der Waals surface area contributed by atoms with Crippen molar-refractivity contribution in [3.05, 3.63) is 71.0 Å². The number of carbonyl (C=O) groups excluding carboxylic acids is 1. The normalized spacial score (nSPS) is 18.0. The fourth-order valence-corrected chi connectivity index (χ4v) is 4.49. The van der Waals surface area contributed by atoms with Gasteiger partial charge in [0, 0.05) is 12.1 Å². The number of anilines is 1. The standard InChI is InChI=1S/C22H25N5OS/c1-4-15-8-10-16(11-9-15)19-20(21(28)23-17-12-6-14(3)7-13-17)29-22-25-24-18(5-2)27(22)26-19/h6-13,19-20,26H,4-5H2,1-3H3,(H,23,28)/t19-,20-/m0/s1. The van der Waals surface area contributed by atoms with Gasteiger partial charge in [0.15, 0.2) is 5.82 Å². The van der Waals surface area contributed by atoms with Gasteiger partial charge in [-0.2, -0.15) is 0 Å². The number of nitrogens with zero attached hydrogens (tertiary/aromatic N) is 3. The first-order valence-corrected chi connectivity index (χ1v) is 10.8. The second-order valence-electron chi connectivity index (χ2n) is 7.18. The van der Waals surface area contributed by atoms with Gasteiger partial charge in [0.2, 0.25) is 11.1 Å². The molecule has 0 unspecified atom stereocenters. The van der Waals surface area contributed by atoms with Crippen LogP contribution in [-0.4, -0.2) is 26.0 Å². The molecule has 4 rings (SSSR count). The number of aromatic nitrogens is 3. The van der Waals surface area contributed by atoms with E-state index in [1.807, 2.05) is 42.8 Å². The van der Waals surface area contributed by atoms with E-state index in [1.54, 1.807) is 0 Å². The number of carbonyl (C=O) groups is 1. The number of nitrogens with one attached hydrogen (secondary N) is 2. The Morgan fingerprint density at radius 3 is 2.45 bits per heavy atom.